The molecule has 0 atom stereocenters. The lowest BCUT2D eigenvalue weighted by Crippen LogP contribution is -2.50. The second kappa shape index (κ2) is 9.92. The fourth-order valence-electron chi connectivity index (χ4n) is 4.32. The maximum atomic E-state index is 13.0. The molecule has 2 saturated heterocycles. The summed E-state index contributed by atoms with van der Waals surface area (Å²) in [6, 6.07) is 11.8. The van der Waals surface area contributed by atoms with Gasteiger partial charge in [-0.05, 0) is 43.0 Å². The van der Waals surface area contributed by atoms with Crippen LogP contribution in [0.1, 0.15) is 35.8 Å². The van der Waals surface area contributed by atoms with Crippen molar-refractivity contribution in [3.8, 4) is 0 Å². The number of hydrogen-bond acceptors (Lipinski definition) is 5. The summed E-state index contributed by atoms with van der Waals surface area (Å²) in [6.45, 7) is 7.07. The summed E-state index contributed by atoms with van der Waals surface area (Å²) in [4.78, 5) is 36.0. The molecule has 0 bridgehead atoms. The lowest BCUT2D eigenvalue weighted by Gasteiger charge is -2.34. The smallest absolute Gasteiger partial charge is 0.272 e. The highest BCUT2D eigenvalue weighted by Crippen LogP contribution is 2.21. The fraction of sp³-hybridized carbons (Fsp3) is 0.458. The van der Waals surface area contributed by atoms with E-state index >= 15 is 0 Å². The molecule has 2 amide bonds. The summed E-state index contributed by atoms with van der Waals surface area (Å²) in [5, 5.41) is 3.03. The number of nitrogens with zero attached hydrogens (tertiary/aromatic N) is 4. The van der Waals surface area contributed by atoms with Crippen LogP contribution in [0.2, 0.25) is 0 Å². The van der Waals surface area contributed by atoms with E-state index in [1.807, 2.05) is 41.3 Å². The van der Waals surface area contributed by atoms with Crippen LogP contribution in [-0.2, 0) is 11.2 Å². The van der Waals surface area contributed by atoms with Gasteiger partial charge in [-0.1, -0.05) is 25.1 Å². The van der Waals surface area contributed by atoms with E-state index in [9.17, 15) is 9.59 Å². The van der Waals surface area contributed by atoms with Crippen molar-refractivity contribution < 1.29 is 9.59 Å². The first-order valence-corrected chi connectivity index (χ1v) is 11.2. The molecule has 0 unspecified atom stereocenters. The van der Waals surface area contributed by atoms with Crippen molar-refractivity contribution in [3.63, 3.8) is 0 Å². The van der Waals surface area contributed by atoms with Crippen LogP contribution in [0.3, 0.4) is 0 Å². The third-order valence-electron chi connectivity index (χ3n) is 6.13. The van der Waals surface area contributed by atoms with E-state index < -0.39 is 0 Å². The van der Waals surface area contributed by atoms with E-state index in [1.165, 1.54) is 12.8 Å². The number of rotatable bonds is 6. The first-order chi connectivity index (χ1) is 15.1. The van der Waals surface area contributed by atoms with Crippen LogP contribution in [0.25, 0.3) is 0 Å². The standard InChI is InChI=1S/C24H31N5O2/c1-2-19-7-3-4-8-21(19)26-23(30)18-27-13-15-29(16-14-27)24(31)22-17-20(9-10-25-22)28-11-5-6-12-28/h3-4,7-10,17H,2,5-6,11-16,18H2,1H3,(H,26,30). The van der Waals surface area contributed by atoms with E-state index in [1.54, 1.807) is 6.20 Å². The largest absolute Gasteiger partial charge is 0.371 e. The SMILES string of the molecule is CCc1ccccc1NC(=O)CN1CCN(C(=O)c2cc(N3CCCC3)ccn2)CC1. The Bertz CT molecular complexity index is 918. The number of piperazine rings is 1. The van der Waals surface area contributed by atoms with Crippen LogP contribution in [0.4, 0.5) is 11.4 Å². The molecule has 1 aromatic carbocycles. The van der Waals surface area contributed by atoms with E-state index in [4.69, 9.17) is 0 Å². The van der Waals surface area contributed by atoms with Gasteiger partial charge in [0.15, 0.2) is 0 Å². The number of nitrogens with one attached hydrogen (secondary N) is 1. The Morgan fingerprint density at radius 2 is 1.74 bits per heavy atom. The Hall–Kier alpha value is -2.93. The molecule has 0 saturated carbocycles. The van der Waals surface area contributed by atoms with Crippen molar-refractivity contribution in [3.05, 3.63) is 53.9 Å². The van der Waals surface area contributed by atoms with Crippen molar-refractivity contribution in [1.82, 2.24) is 14.8 Å². The van der Waals surface area contributed by atoms with E-state index in [0.717, 1.165) is 36.4 Å². The quantitative estimate of drug-likeness (QED) is 0.777. The molecule has 3 heterocycles. The topological polar surface area (TPSA) is 68.8 Å². The minimum absolute atomic E-state index is 0.0133. The number of pyridine rings is 1. The van der Waals surface area contributed by atoms with E-state index in [-0.39, 0.29) is 11.8 Å². The molecule has 4 rings (SSSR count). The molecule has 2 fully saturated rings. The molecule has 0 radical (unpaired) electrons. The first-order valence-electron chi connectivity index (χ1n) is 11.2. The van der Waals surface area contributed by atoms with Crippen LogP contribution in [-0.4, -0.2) is 72.4 Å². The van der Waals surface area contributed by atoms with Gasteiger partial charge >= 0.3 is 0 Å². The average molecular weight is 422 g/mol. The maximum Gasteiger partial charge on any atom is 0.272 e. The monoisotopic (exact) mass is 421 g/mol. The first kappa shape index (κ1) is 21.3. The van der Waals surface area contributed by atoms with Crippen LogP contribution in [0.5, 0.6) is 0 Å². The average Bonchev–Trinajstić information content (AvgIpc) is 3.35. The summed E-state index contributed by atoms with van der Waals surface area (Å²) in [5.74, 6) is -0.0392. The lowest BCUT2D eigenvalue weighted by atomic mass is 10.1. The molecule has 164 valence electrons. The summed E-state index contributed by atoms with van der Waals surface area (Å²) >= 11 is 0. The van der Waals surface area contributed by atoms with Gasteiger partial charge in [0.1, 0.15) is 5.69 Å². The van der Waals surface area contributed by atoms with E-state index in [2.05, 4.69) is 27.0 Å². The zero-order valence-electron chi connectivity index (χ0n) is 18.2. The van der Waals surface area contributed by atoms with Gasteiger partial charge in [-0.3, -0.25) is 19.5 Å². The molecule has 2 aliphatic heterocycles. The Balaban J connectivity index is 1.29. The Kier molecular flexibility index (Phi) is 6.82. The van der Waals surface area contributed by atoms with Gasteiger partial charge in [0, 0.05) is 56.8 Å². The number of anilines is 2. The van der Waals surface area contributed by atoms with Crippen LogP contribution >= 0.6 is 0 Å². The second-order valence-electron chi connectivity index (χ2n) is 8.22. The van der Waals surface area contributed by atoms with Gasteiger partial charge < -0.3 is 15.1 Å². The number of para-hydroxylation sites is 1. The molecule has 0 spiro atoms. The van der Waals surface area contributed by atoms with Crippen molar-refractivity contribution in [2.75, 3.05) is 56.0 Å². The Morgan fingerprint density at radius 3 is 2.48 bits per heavy atom. The van der Waals surface area contributed by atoms with Crippen LogP contribution < -0.4 is 10.2 Å². The maximum absolute atomic E-state index is 13.0. The molecule has 1 N–H and O–H groups in total. The fourth-order valence-corrected chi connectivity index (χ4v) is 4.32. The van der Waals surface area contributed by atoms with Gasteiger partial charge in [0.25, 0.3) is 5.91 Å². The molecule has 7 nitrogen and oxygen atoms in total. The molecule has 2 aliphatic rings. The highest BCUT2D eigenvalue weighted by molar-refractivity contribution is 5.94. The number of amides is 2. The highest BCUT2D eigenvalue weighted by atomic mass is 16.2. The van der Waals surface area contributed by atoms with Crippen molar-refractivity contribution in [2.24, 2.45) is 0 Å². The third kappa shape index (κ3) is 5.22. The van der Waals surface area contributed by atoms with Gasteiger partial charge in [-0.2, -0.15) is 0 Å². The van der Waals surface area contributed by atoms with Crippen LogP contribution in [0.15, 0.2) is 42.6 Å². The summed E-state index contributed by atoms with van der Waals surface area (Å²) in [6.07, 6.45) is 5.01. The Labute approximate surface area is 184 Å². The van der Waals surface area contributed by atoms with Gasteiger partial charge in [-0.25, -0.2) is 0 Å². The number of carbonyl (C=O) groups excluding carboxylic acids is 2. The minimum Gasteiger partial charge on any atom is -0.371 e. The van der Waals surface area contributed by atoms with Gasteiger partial charge in [-0.15, -0.1) is 0 Å². The molecule has 7 heteroatoms. The second-order valence-corrected chi connectivity index (χ2v) is 8.22. The molecule has 1 aromatic heterocycles. The highest BCUT2D eigenvalue weighted by Gasteiger charge is 2.25. The number of benzene rings is 1. The normalized spacial score (nSPS) is 17.1. The van der Waals surface area contributed by atoms with Crippen molar-refractivity contribution >= 4 is 23.2 Å². The van der Waals surface area contributed by atoms with E-state index in [0.29, 0.717) is 38.4 Å². The summed E-state index contributed by atoms with van der Waals surface area (Å²) in [5.41, 5.74) is 3.60. The third-order valence-corrected chi connectivity index (χ3v) is 6.13. The van der Waals surface area contributed by atoms with Gasteiger partial charge in [0.2, 0.25) is 5.91 Å². The molecular weight excluding hydrogens is 390 g/mol. The lowest BCUT2D eigenvalue weighted by molar-refractivity contribution is -0.117. The predicted octanol–water partition coefficient (Wildman–Crippen LogP) is 2.64. The number of carbonyl (C=O) groups is 2. The molecule has 0 aliphatic carbocycles. The summed E-state index contributed by atoms with van der Waals surface area (Å²) < 4.78 is 0. The molecule has 2 aromatic rings. The zero-order chi connectivity index (χ0) is 21.6. The van der Waals surface area contributed by atoms with Gasteiger partial charge in [0.05, 0.1) is 6.54 Å². The predicted molar refractivity (Wildman–Crippen MR) is 122 cm³/mol. The van der Waals surface area contributed by atoms with Crippen LogP contribution in [0, 0.1) is 0 Å². The Morgan fingerprint density at radius 1 is 1.00 bits per heavy atom. The molecule has 31 heavy (non-hydrogen) atoms. The molecular formula is C24H31N5O2. The zero-order valence-corrected chi connectivity index (χ0v) is 18.2. The van der Waals surface area contributed by atoms with Crippen molar-refractivity contribution in [2.45, 2.75) is 26.2 Å². The van der Waals surface area contributed by atoms with Crippen molar-refractivity contribution in [1.29, 1.82) is 0 Å². The summed E-state index contributed by atoms with van der Waals surface area (Å²) in [7, 11) is 0. The number of aromatic nitrogens is 1. The number of hydrogen-bond donors (Lipinski definition) is 1. The number of aryl methyl sites for hydroxylation is 1. The minimum atomic E-state index is -0.0259.